The van der Waals surface area contributed by atoms with Gasteiger partial charge in [-0.2, -0.15) is 0 Å². The molecular formula is C12H22N4. The summed E-state index contributed by atoms with van der Waals surface area (Å²) in [5.41, 5.74) is 7.33. The maximum absolute atomic E-state index is 5.65. The van der Waals surface area contributed by atoms with Gasteiger partial charge < -0.3 is 16.0 Å². The SMILES string of the molecule is CCC(C)N(C)CCNc1cncc(N)c1. The van der Waals surface area contributed by atoms with E-state index in [-0.39, 0.29) is 0 Å². The highest BCUT2D eigenvalue weighted by Crippen LogP contribution is 2.09. The molecule has 1 aromatic rings. The smallest absolute Gasteiger partial charge is 0.0547 e. The number of aromatic nitrogens is 1. The zero-order valence-corrected chi connectivity index (χ0v) is 10.4. The van der Waals surface area contributed by atoms with Gasteiger partial charge in [-0.25, -0.2) is 0 Å². The summed E-state index contributed by atoms with van der Waals surface area (Å²) in [6.07, 6.45) is 4.62. The van der Waals surface area contributed by atoms with Crippen molar-refractivity contribution in [3.63, 3.8) is 0 Å². The van der Waals surface area contributed by atoms with E-state index in [4.69, 9.17) is 5.73 Å². The molecular weight excluding hydrogens is 200 g/mol. The number of nitrogen functional groups attached to an aromatic ring is 1. The van der Waals surface area contributed by atoms with Gasteiger partial charge in [0.05, 0.1) is 17.6 Å². The number of nitrogens with one attached hydrogen (secondary N) is 1. The summed E-state index contributed by atoms with van der Waals surface area (Å²) in [5, 5.41) is 3.31. The molecule has 1 heterocycles. The molecule has 0 aromatic carbocycles. The van der Waals surface area contributed by atoms with Crippen LogP contribution < -0.4 is 11.1 Å². The molecule has 1 aromatic heterocycles. The average Bonchev–Trinajstić information content (AvgIpc) is 2.28. The molecule has 0 saturated heterocycles. The lowest BCUT2D eigenvalue weighted by atomic mass is 10.2. The highest BCUT2D eigenvalue weighted by Gasteiger charge is 2.05. The minimum Gasteiger partial charge on any atom is -0.397 e. The second kappa shape index (κ2) is 6.33. The molecule has 0 saturated carbocycles. The van der Waals surface area contributed by atoms with Crippen molar-refractivity contribution in [3.8, 4) is 0 Å². The fourth-order valence-electron chi connectivity index (χ4n) is 1.46. The van der Waals surface area contributed by atoms with Crippen molar-refractivity contribution in [1.82, 2.24) is 9.88 Å². The second-order valence-electron chi connectivity index (χ2n) is 4.17. The molecule has 90 valence electrons. The monoisotopic (exact) mass is 222 g/mol. The summed E-state index contributed by atoms with van der Waals surface area (Å²) in [6.45, 7) is 6.37. The first-order chi connectivity index (χ1) is 7.63. The summed E-state index contributed by atoms with van der Waals surface area (Å²) in [5.74, 6) is 0. The third-order valence-corrected chi connectivity index (χ3v) is 2.90. The van der Waals surface area contributed by atoms with Crippen LogP contribution in [0, 0.1) is 0 Å². The van der Waals surface area contributed by atoms with E-state index in [2.05, 4.69) is 36.1 Å². The van der Waals surface area contributed by atoms with Gasteiger partial charge in [0.15, 0.2) is 0 Å². The molecule has 0 spiro atoms. The lowest BCUT2D eigenvalue weighted by Gasteiger charge is -2.23. The van der Waals surface area contributed by atoms with Crippen LogP contribution in [0.15, 0.2) is 18.5 Å². The first-order valence-corrected chi connectivity index (χ1v) is 5.78. The van der Waals surface area contributed by atoms with Gasteiger partial charge in [0.1, 0.15) is 0 Å². The fourth-order valence-corrected chi connectivity index (χ4v) is 1.46. The van der Waals surface area contributed by atoms with E-state index in [1.807, 2.05) is 6.07 Å². The van der Waals surface area contributed by atoms with E-state index in [9.17, 15) is 0 Å². The standard InChI is InChI=1S/C12H22N4/c1-4-10(2)16(3)6-5-15-12-7-11(13)8-14-9-12/h7-10,15H,4-6,13H2,1-3H3. The van der Waals surface area contributed by atoms with E-state index >= 15 is 0 Å². The van der Waals surface area contributed by atoms with Crippen molar-refractivity contribution in [3.05, 3.63) is 18.5 Å². The Kier molecular flexibility index (Phi) is 5.05. The van der Waals surface area contributed by atoms with E-state index in [1.54, 1.807) is 12.4 Å². The van der Waals surface area contributed by atoms with E-state index < -0.39 is 0 Å². The quantitative estimate of drug-likeness (QED) is 0.770. The van der Waals surface area contributed by atoms with Crippen LogP contribution in [0.3, 0.4) is 0 Å². The van der Waals surface area contributed by atoms with Crippen molar-refractivity contribution >= 4 is 11.4 Å². The van der Waals surface area contributed by atoms with Crippen molar-refractivity contribution in [2.24, 2.45) is 0 Å². The number of hydrogen-bond donors (Lipinski definition) is 2. The molecule has 4 heteroatoms. The third kappa shape index (κ3) is 4.06. The van der Waals surface area contributed by atoms with Crippen molar-refractivity contribution < 1.29 is 0 Å². The Balaban J connectivity index is 2.30. The first-order valence-electron chi connectivity index (χ1n) is 5.78. The normalized spacial score (nSPS) is 12.8. The Bertz CT molecular complexity index is 314. The summed E-state index contributed by atoms with van der Waals surface area (Å²) in [6, 6.07) is 2.52. The van der Waals surface area contributed by atoms with Crippen LogP contribution in [0.2, 0.25) is 0 Å². The minimum atomic E-state index is 0.626. The third-order valence-electron chi connectivity index (χ3n) is 2.90. The van der Waals surface area contributed by atoms with Crippen molar-refractivity contribution in [2.75, 3.05) is 31.2 Å². The summed E-state index contributed by atoms with van der Waals surface area (Å²) in [4.78, 5) is 6.37. The van der Waals surface area contributed by atoms with Crippen LogP contribution in [0.25, 0.3) is 0 Å². The van der Waals surface area contributed by atoms with E-state index in [1.165, 1.54) is 6.42 Å². The van der Waals surface area contributed by atoms with E-state index in [0.29, 0.717) is 11.7 Å². The Morgan fingerprint density at radius 3 is 2.88 bits per heavy atom. The van der Waals surface area contributed by atoms with Gasteiger partial charge in [-0.15, -0.1) is 0 Å². The van der Waals surface area contributed by atoms with Crippen molar-refractivity contribution in [2.45, 2.75) is 26.3 Å². The Morgan fingerprint density at radius 2 is 2.25 bits per heavy atom. The largest absolute Gasteiger partial charge is 0.397 e. The number of likely N-dealkylation sites (N-methyl/N-ethyl adjacent to an activating group) is 1. The number of hydrogen-bond acceptors (Lipinski definition) is 4. The molecule has 0 aliphatic rings. The molecule has 0 aliphatic heterocycles. The Labute approximate surface area is 97.9 Å². The van der Waals surface area contributed by atoms with Gasteiger partial charge in [0.25, 0.3) is 0 Å². The van der Waals surface area contributed by atoms with Gasteiger partial charge in [0, 0.05) is 25.3 Å². The predicted octanol–water partition coefficient (Wildman–Crippen LogP) is 1.81. The number of anilines is 2. The predicted molar refractivity (Wildman–Crippen MR) is 69.5 cm³/mol. The fraction of sp³-hybridized carbons (Fsp3) is 0.583. The Morgan fingerprint density at radius 1 is 1.50 bits per heavy atom. The number of nitrogens with zero attached hydrogens (tertiary/aromatic N) is 2. The number of nitrogens with two attached hydrogens (primary N) is 1. The highest BCUT2D eigenvalue weighted by atomic mass is 15.1. The highest BCUT2D eigenvalue weighted by molar-refractivity contribution is 5.51. The molecule has 3 N–H and O–H groups in total. The summed E-state index contributed by atoms with van der Waals surface area (Å²) in [7, 11) is 2.15. The second-order valence-corrected chi connectivity index (χ2v) is 4.17. The molecule has 1 rings (SSSR count). The molecule has 0 fully saturated rings. The van der Waals surface area contributed by atoms with E-state index in [0.717, 1.165) is 18.8 Å². The van der Waals surface area contributed by atoms with Crippen LogP contribution in [0.5, 0.6) is 0 Å². The molecule has 0 amide bonds. The minimum absolute atomic E-state index is 0.626. The Hall–Kier alpha value is -1.29. The molecule has 1 unspecified atom stereocenters. The van der Waals surface area contributed by atoms with Crippen molar-refractivity contribution in [1.29, 1.82) is 0 Å². The zero-order chi connectivity index (χ0) is 12.0. The van der Waals surface area contributed by atoms with Gasteiger partial charge in [0.2, 0.25) is 0 Å². The van der Waals surface area contributed by atoms with Crippen LogP contribution >= 0.6 is 0 Å². The molecule has 4 nitrogen and oxygen atoms in total. The van der Waals surface area contributed by atoms with Gasteiger partial charge in [-0.05, 0) is 26.5 Å². The molecule has 0 aliphatic carbocycles. The molecule has 16 heavy (non-hydrogen) atoms. The molecule has 0 bridgehead atoms. The first kappa shape index (κ1) is 12.8. The van der Waals surface area contributed by atoms with Gasteiger partial charge in [-0.1, -0.05) is 6.92 Å². The maximum Gasteiger partial charge on any atom is 0.0547 e. The average molecular weight is 222 g/mol. The van der Waals surface area contributed by atoms with Crippen LogP contribution in [0.4, 0.5) is 11.4 Å². The van der Waals surface area contributed by atoms with Crippen LogP contribution in [-0.4, -0.2) is 36.1 Å². The zero-order valence-electron chi connectivity index (χ0n) is 10.4. The summed E-state index contributed by atoms with van der Waals surface area (Å²) >= 11 is 0. The number of rotatable bonds is 6. The lowest BCUT2D eigenvalue weighted by molar-refractivity contribution is 0.261. The van der Waals surface area contributed by atoms with Gasteiger partial charge in [-0.3, -0.25) is 4.98 Å². The number of pyridine rings is 1. The van der Waals surface area contributed by atoms with Crippen LogP contribution in [-0.2, 0) is 0 Å². The maximum atomic E-state index is 5.65. The summed E-state index contributed by atoms with van der Waals surface area (Å²) < 4.78 is 0. The molecule has 0 radical (unpaired) electrons. The van der Waals surface area contributed by atoms with Crippen LogP contribution in [0.1, 0.15) is 20.3 Å². The topological polar surface area (TPSA) is 54.2 Å². The molecule has 1 atom stereocenters. The van der Waals surface area contributed by atoms with Gasteiger partial charge >= 0.3 is 0 Å². The lowest BCUT2D eigenvalue weighted by Crippen LogP contribution is -2.32.